The number of aliphatic hydroxyl groups is 13. The predicted molar refractivity (Wildman–Crippen MR) is 310 cm³/mol. The average Bonchev–Trinajstić information content (AvgIpc) is 1.51. The van der Waals surface area contributed by atoms with Crippen LogP contribution in [0.15, 0.2) is 11.6 Å². The molecule has 532 valence electrons. The van der Waals surface area contributed by atoms with Crippen molar-refractivity contribution in [3.63, 3.8) is 0 Å². The average molecular weight is 1340 g/mol. The van der Waals surface area contributed by atoms with E-state index in [9.17, 15) is 76.0 Å². The molecule has 1 unspecified atom stereocenters. The lowest BCUT2D eigenvalue weighted by Gasteiger charge is -2.63. The van der Waals surface area contributed by atoms with Crippen molar-refractivity contribution in [2.45, 2.75) is 279 Å². The van der Waals surface area contributed by atoms with Gasteiger partial charge in [0.25, 0.3) is 0 Å². The van der Waals surface area contributed by atoms with Gasteiger partial charge in [-0.15, -0.1) is 0 Å². The zero-order chi connectivity index (χ0) is 67.9. The molecule has 0 amide bonds. The second-order valence-corrected chi connectivity index (χ2v) is 29.0. The fourth-order valence-electron chi connectivity index (χ4n) is 18.0. The maximum absolute atomic E-state index is 15.1. The molecule has 10 rings (SSSR count). The van der Waals surface area contributed by atoms with Gasteiger partial charge in [-0.05, 0) is 92.3 Å². The summed E-state index contributed by atoms with van der Waals surface area (Å²) in [7, 11) is 1.19. The molecule has 10 aliphatic rings. The third kappa shape index (κ3) is 12.8. The van der Waals surface area contributed by atoms with Gasteiger partial charge in [-0.3, -0.25) is 14.4 Å². The SMILES string of the molecule is CO[C@@H]1[C@@H](O)[C@H](O[C@@H]2[C@@H](O)[C@H](O[C@H]3[C@H](O)[C@@H](O)[C@H](O[C@H]4[C@H](O[C@H]5CC[C@]6(C)C7=CC[C@]89C(=O)O[C@@](C)(C(CCC(C)C)OC(C)=O)[C@H]8[C@@H](OC(C)=O)C[C@@]9(C)[C@@H]7CC[C@H]6C5(C)C)OC[C@@H](O[C@@H]5O[C@H](CO)[C@@H](O)[C@H](O)[C@H]5O)[C@@H]4O)O[C@@H]3CO)OC[C@H]2O)O[C@H](CO)[C@H]1O. The largest absolute Gasteiger partial charge is 0.462 e. The maximum Gasteiger partial charge on any atom is 0.314 e. The number of allylic oxidation sites excluding steroid dienone is 2. The van der Waals surface area contributed by atoms with Gasteiger partial charge in [-0.2, -0.15) is 0 Å². The van der Waals surface area contributed by atoms with Crippen molar-refractivity contribution in [2.24, 2.45) is 45.3 Å². The zero-order valence-electron chi connectivity index (χ0n) is 54.3. The van der Waals surface area contributed by atoms with E-state index in [2.05, 4.69) is 47.6 Å². The number of carbonyl (C=O) groups is 3. The number of cyclic esters (lactones) is 1. The molecule has 0 radical (unpaired) electrons. The third-order valence-electron chi connectivity index (χ3n) is 22.8. The second-order valence-electron chi connectivity index (χ2n) is 29.0. The van der Waals surface area contributed by atoms with Gasteiger partial charge in [0.05, 0.1) is 50.5 Å². The Morgan fingerprint density at radius 2 is 1.19 bits per heavy atom. The summed E-state index contributed by atoms with van der Waals surface area (Å²) in [5, 5.41) is 143. The molecule has 0 aromatic carbocycles. The van der Waals surface area contributed by atoms with Crippen molar-refractivity contribution < 1.29 is 147 Å². The monoisotopic (exact) mass is 1340 g/mol. The molecule has 1 spiro atoms. The van der Waals surface area contributed by atoms with Gasteiger partial charge in [0.15, 0.2) is 37.1 Å². The Balaban J connectivity index is 0.887. The topological polar surface area (TPSA) is 443 Å². The Morgan fingerprint density at radius 1 is 0.602 bits per heavy atom. The van der Waals surface area contributed by atoms with Crippen LogP contribution in [0.4, 0.5) is 0 Å². The number of fused-ring (bicyclic) bond motifs is 4. The predicted octanol–water partition coefficient (Wildman–Crippen LogP) is -2.79. The first-order chi connectivity index (χ1) is 43.8. The van der Waals surface area contributed by atoms with Crippen LogP contribution in [0.5, 0.6) is 0 Å². The van der Waals surface area contributed by atoms with Crippen molar-refractivity contribution in [2.75, 3.05) is 40.1 Å². The van der Waals surface area contributed by atoms with E-state index in [0.717, 1.165) is 0 Å². The first-order valence-electron chi connectivity index (χ1n) is 32.7. The lowest BCUT2D eigenvalue weighted by atomic mass is 9.41. The van der Waals surface area contributed by atoms with E-state index in [0.29, 0.717) is 44.9 Å². The van der Waals surface area contributed by atoms with Crippen LogP contribution in [-0.4, -0.2) is 290 Å². The minimum Gasteiger partial charge on any atom is -0.462 e. The summed E-state index contributed by atoms with van der Waals surface area (Å²) < 4.78 is 84.4. The first kappa shape index (κ1) is 72.9. The molecule has 6 saturated heterocycles. The van der Waals surface area contributed by atoms with Crippen molar-refractivity contribution in [3.05, 3.63) is 11.6 Å². The Bertz CT molecular complexity index is 2630. The van der Waals surface area contributed by atoms with E-state index in [1.165, 1.54) is 26.5 Å². The van der Waals surface area contributed by atoms with Crippen molar-refractivity contribution in [3.8, 4) is 0 Å². The number of rotatable bonds is 20. The van der Waals surface area contributed by atoms with Gasteiger partial charge in [0.2, 0.25) is 0 Å². The quantitative estimate of drug-likeness (QED) is 0.0254. The smallest absolute Gasteiger partial charge is 0.314 e. The van der Waals surface area contributed by atoms with Crippen LogP contribution in [0.3, 0.4) is 0 Å². The highest BCUT2D eigenvalue weighted by Crippen LogP contribution is 2.76. The van der Waals surface area contributed by atoms with E-state index in [-0.39, 0.29) is 24.2 Å². The molecular weight excluding hydrogens is 1240 g/mol. The summed E-state index contributed by atoms with van der Waals surface area (Å²) in [6, 6.07) is 0. The number of methoxy groups -OCH3 is 1. The molecule has 0 aromatic rings. The molecule has 0 bridgehead atoms. The van der Waals surface area contributed by atoms with Gasteiger partial charge in [-0.1, -0.05) is 53.2 Å². The Morgan fingerprint density at radius 3 is 1.83 bits per heavy atom. The number of hydrogen-bond acceptors (Lipinski definition) is 30. The standard InChI is InChI=1S/C63H100O30/c1-25(2)11-14-38(84-27(4)68)62(9)52-31(83-26(3)67)19-61(8)29-12-13-36-59(5,6)37(16-17-60(36,7)28(29)15-18-63(52,61)58(79)93-62)89-57-51(41(72)35(24-82-57)88-54-44(75)42(73)39(70)32(20-64)85-54)92-55-45(76)43(74)49(34(22-66)87-55)91-53-46(77)48(30(69)23-81-53)90-56-47(78)50(80-10)40(71)33(21-65)86-56/h15,25,29-57,64-66,69-78H,11-14,16-24H2,1-10H3/t29-,30-,31+,32-,33-,34-,35-,36+,37+,38?,39-,40-,41+,42+,43-,44-,45-,46-,47-,48+,49-,50+,51-,52-,53+,54+,55+,56+,57+,60-,61+,62+,63-/m1/s1. The third-order valence-corrected chi connectivity index (χ3v) is 22.8. The highest BCUT2D eigenvalue weighted by molar-refractivity contribution is 5.84. The van der Waals surface area contributed by atoms with Crippen LogP contribution in [-0.2, 0) is 80.7 Å². The Hall–Kier alpha value is -2.81. The summed E-state index contributed by atoms with van der Waals surface area (Å²) in [5.74, 6) is -2.09. The molecule has 9 fully saturated rings. The lowest BCUT2D eigenvalue weighted by molar-refractivity contribution is -0.392. The van der Waals surface area contributed by atoms with E-state index in [1.807, 2.05) is 6.92 Å². The summed E-state index contributed by atoms with van der Waals surface area (Å²) in [5.41, 5.74) is -3.26. The van der Waals surface area contributed by atoms with Gasteiger partial charge in [0.1, 0.15) is 122 Å². The molecule has 30 heteroatoms. The molecule has 30 nitrogen and oxygen atoms in total. The van der Waals surface area contributed by atoms with Crippen LogP contribution in [0.2, 0.25) is 0 Å². The number of esters is 3. The summed E-state index contributed by atoms with van der Waals surface area (Å²) in [4.78, 5) is 40.9. The normalized spacial score (nSPS) is 49.9. The van der Waals surface area contributed by atoms with Crippen molar-refractivity contribution >= 4 is 17.9 Å². The Kier molecular flexibility index (Phi) is 22.0. The molecule has 4 aliphatic carbocycles. The fourth-order valence-corrected chi connectivity index (χ4v) is 18.0. The van der Waals surface area contributed by atoms with Gasteiger partial charge < -0.3 is 133 Å². The van der Waals surface area contributed by atoms with E-state index in [4.69, 9.17) is 66.3 Å². The van der Waals surface area contributed by atoms with Crippen LogP contribution in [0.1, 0.15) is 114 Å². The summed E-state index contributed by atoms with van der Waals surface area (Å²) in [6.07, 6.45) is -35.2. The van der Waals surface area contributed by atoms with Gasteiger partial charge >= 0.3 is 17.9 Å². The number of hydrogen-bond donors (Lipinski definition) is 13. The number of ether oxygens (including phenoxy) is 14. The molecule has 3 saturated carbocycles. The lowest BCUT2D eigenvalue weighted by Crippen LogP contribution is -2.67. The highest BCUT2D eigenvalue weighted by Gasteiger charge is 2.81. The number of aliphatic hydroxyl groups excluding tert-OH is 13. The molecule has 6 heterocycles. The minimum atomic E-state index is -2.10. The van der Waals surface area contributed by atoms with Gasteiger partial charge in [0, 0.05) is 21.0 Å². The van der Waals surface area contributed by atoms with E-state index >= 15 is 4.79 Å². The van der Waals surface area contributed by atoms with E-state index < -0.39 is 244 Å². The summed E-state index contributed by atoms with van der Waals surface area (Å²) in [6.45, 7) is 13.6. The summed E-state index contributed by atoms with van der Waals surface area (Å²) >= 11 is 0. The molecule has 13 N–H and O–H groups in total. The molecular formula is C63H100O30. The number of carbonyl (C=O) groups excluding carboxylic acids is 3. The first-order valence-corrected chi connectivity index (χ1v) is 32.7. The zero-order valence-corrected chi connectivity index (χ0v) is 54.3. The van der Waals surface area contributed by atoms with Crippen molar-refractivity contribution in [1.29, 1.82) is 0 Å². The van der Waals surface area contributed by atoms with Crippen LogP contribution in [0, 0.1) is 45.3 Å². The molecule has 33 atom stereocenters. The molecule has 0 aromatic heterocycles. The molecule has 6 aliphatic heterocycles. The van der Waals surface area contributed by atoms with Crippen molar-refractivity contribution in [1.82, 2.24) is 0 Å². The minimum absolute atomic E-state index is 0.0915. The van der Waals surface area contributed by atoms with Crippen LogP contribution in [0.25, 0.3) is 0 Å². The Labute approximate surface area is 539 Å². The van der Waals surface area contributed by atoms with Crippen LogP contribution < -0.4 is 0 Å². The highest BCUT2D eigenvalue weighted by atomic mass is 16.8. The van der Waals surface area contributed by atoms with E-state index in [1.54, 1.807) is 0 Å². The maximum atomic E-state index is 15.1. The second kappa shape index (κ2) is 28.1. The fraction of sp³-hybridized carbons (Fsp3) is 0.921. The van der Waals surface area contributed by atoms with Gasteiger partial charge in [-0.25, -0.2) is 0 Å². The molecule has 93 heavy (non-hydrogen) atoms. The van der Waals surface area contributed by atoms with Crippen LogP contribution >= 0.6 is 0 Å².